The molecule has 0 aliphatic carbocycles. The van der Waals surface area contributed by atoms with Crippen LogP contribution < -0.4 is 4.90 Å². The second kappa shape index (κ2) is 5.87. The smallest absolute Gasteiger partial charge is 0.140 e. The summed E-state index contributed by atoms with van der Waals surface area (Å²) in [6.45, 7) is 6.55. The molecule has 1 aliphatic rings. The largest absolute Gasteiger partial charge is 0.367 e. The number of benzene rings is 2. The Labute approximate surface area is 142 Å². The van der Waals surface area contributed by atoms with Crippen LogP contribution in [0.2, 0.25) is 0 Å². The fourth-order valence-corrected chi connectivity index (χ4v) is 3.42. The number of rotatable bonds is 2. The normalized spacial score (nSPS) is 21.2. The maximum absolute atomic E-state index is 6.15. The minimum absolute atomic E-state index is 0.333. The lowest BCUT2D eigenvalue weighted by Crippen LogP contribution is -2.48. The number of aryl methyl sites for hydroxylation is 1. The van der Waals surface area contributed by atoms with Crippen LogP contribution in [0.25, 0.3) is 10.9 Å². The third kappa shape index (κ3) is 2.63. The topological polar surface area (TPSA) is 38.2 Å². The van der Waals surface area contributed by atoms with Gasteiger partial charge in [-0.3, -0.25) is 0 Å². The van der Waals surface area contributed by atoms with E-state index in [0.717, 1.165) is 29.8 Å². The number of hydrogen-bond acceptors (Lipinski definition) is 4. The number of hydrogen-bond donors (Lipinski definition) is 0. The van der Waals surface area contributed by atoms with Gasteiger partial charge in [0.1, 0.15) is 17.7 Å². The Hall–Kier alpha value is -2.46. The van der Waals surface area contributed by atoms with Gasteiger partial charge in [0, 0.05) is 11.9 Å². The van der Waals surface area contributed by atoms with Gasteiger partial charge in [0.25, 0.3) is 0 Å². The highest BCUT2D eigenvalue weighted by atomic mass is 16.5. The number of aromatic nitrogens is 2. The van der Waals surface area contributed by atoms with Crippen LogP contribution in [0.4, 0.5) is 5.82 Å². The first-order valence-electron chi connectivity index (χ1n) is 8.31. The van der Waals surface area contributed by atoms with E-state index in [9.17, 15) is 0 Å². The van der Waals surface area contributed by atoms with Crippen molar-refractivity contribution in [3.05, 3.63) is 66.0 Å². The summed E-state index contributed by atoms with van der Waals surface area (Å²) >= 11 is 0. The van der Waals surface area contributed by atoms with Crippen molar-refractivity contribution in [2.45, 2.75) is 19.4 Å². The van der Waals surface area contributed by atoms with Gasteiger partial charge in [-0.05, 0) is 31.5 Å². The van der Waals surface area contributed by atoms with E-state index in [1.807, 2.05) is 6.07 Å². The standard InChI is InChI=1S/C20H21N3O/c1-15-8-9-18-17(12-15)19(22-14-21-18)23-10-11-24-20(2,13-23)16-6-4-3-5-7-16/h3-9,12,14H,10-11,13H2,1-2H3. The molecular weight excluding hydrogens is 298 g/mol. The molecule has 0 amide bonds. The second-order valence-corrected chi connectivity index (χ2v) is 6.58. The van der Waals surface area contributed by atoms with E-state index in [-0.39, 0.29) is 5.60 Å². The highest BCUT2D eigenvalue weighted by Crippen LogP contribution is 2.33. The van der Waals surface area contributed by atoms with E-state index < -0.39 is 0 Å². The van der Waals surface area contributed by atoms with Gasteiger partial charge in [0.05, 0.1) is 18.7 Å². The molecule has 0 saturated carbocycles. The molecule has 24 heavy (non-hydrogen) atoms. The lowest BCUT2D eigenvalue weighted by Gasteiger charge is -2.41. The predicted molar refractivity (Wildman–Crippen MR) is 96.2 cm³/mol. The molecule has 1 aromatic heterocycles. The van der Waals surface area contributed by atoms with Crippen LogP contribution in [0.1, 0.15) is 18.1 Å². The van der Waals surface area contributed by atoms with Crippen LogP contribution >= 0.6 is 0 Å². The SMILES string of the molecule is Cc1ccc2ncnc(N3CCOC(C)(c4ccccc4)C3)c2c1. The van der Waals surface area contributed by atoms with E-state index >= 15 is 0 Å². The van der Waals surface area contributed by atoms with Crippen molar-refractivity contribution >= 4 is 16.7 Å². The summed E-state index contributed by atoms with van der Waals surface area (Å²) in [5.41, 5.74) is 3.07. The Kier molecular flexibility index (Phi) is 3.69. The third-order valence-electron chi connectivity index (χ3n) is 4.73. The minimum atomic E-state index is -0.333. The lowest BCUT2D eigenvalue weighted by molar-refractivity contribution is -0.0467. The van der Waals surface area contributed by atoms with E-state index in [0.29, 0.717) is 6.61 Å². The lowest BCUT2D eigenvalue weighted by atomic mass is 9.93. The third-order valence-corrected chi connectivity index (χ3v) is 4.73. The van der Waals surface area contributed by atoms with Crippen LogP contribution in [0.15, 0.2) is 54.9 Å². The summed E-state index contributed by atoms with van der Waals surface area (Å²) in [6, 6.07) is 16.7. The monoisotopic (exact) mass is 319 g/mol. The van der Waals surface area contributed by atoms with Gasteiger partial charge < -0.3 is 9.64 Å². The van der Waals surface area contributed by atoms with Crippen molar-refractivity contribution in [2.75, 3.05) is 24.6 Å². The fourth-order valence-electron chi connectivity index (χ4n) is 3.42. The van der Waals surface area contributed by atoms with Gasteiger partial charge in [-0.15, -0.1) is 0 Å². The molecule has 4 nitrogen and oxygen atoms in total. The highest BCUT2D eigenvalue weighted by Gasteiger charge is 2.34. The Morgan fingerprint density at radius 3 is 2.75 bits per heavy atom. The maximum Gasteiger partial charge on any atom is 0.140 e. The van der Waals surface area contributed by atoms with Crippen LogP contribution in [-0.4, -0.2) is 29.7 Å². The molecule has 3 aromatic rings. The molecule has 0 spiro atoms. The van der Waals surface area contributed by atoms with Crippen LogP contribution in [0.5, 0.6) is 0 Å². The van der Waals surface area contributed by atoms with Crippen LogP contribution in [-0.2, 0) is 10.3 Å². The second-order valence-electron chi connectivity index (χ2n) is 6.58. The summed E-state index contributed by atoms with van der Waals surface area (Å²) in [5.74, 6) is 0.995. The Morgan fingerprint density at radius 2 is 1.92 bits per heavy atom. The summed E-state index contributed by atoms with van der Waals surface area (Å²) in [5, 5.41) is 1.11. The Balaban J connectivity index is 1.74. The number of morpholine rings is 1. The molecule has 0 radical (unpaired) electrons. The van der Waals surface area contributed by atoms with E-state index in [2.05, 4.69) is 71.2 Å². The number of anilines is 1. The molecule has 1 atom stereocenters. The zero-order valence-electron chi connectivity index (χ0n) is 14.1. The maximum atomic E-state index is 6.15. The summed E-state index contributed by atoms with van der Waals surface area (Å²) < 4.78 is 6.15. The van der Waals surface area contributed by atoms with Gasteiger partial charge >= 0.3 is 0 Å². The van der Waals surface area contributed by atoms with Crippen LogP contribution in [0, 0.1) is 6.92 Å². The fraction of sp³-hybridized carbons (Fsp3) is 0.300. The molecular formula is C20H21N3O. The molecule has 1 fully saturated rings. The van der Waals surface area contributed by atoms with E-state index in [1.54, 1.807) is 6.33 Å². The molecule has 4 heteroatoms. The average Bonchev–Trinajstić information content (AvgIpc) is 2.62. The number of nitrogens with zero attached hydrogens (tertiary/aromatic N) is 3. The molecule has 2 heterocycles. The Morgan fingerprint density at radius 1 is 1.08 bits per heavy atom. The first kappa shape index (κ1) is 15.1. The summed E-state index contributed by atoms with van der Waals surface area (Å²) in [7, 11) is 0. The Bertz CT molecular complexity index is 865. The molecule has 0 N–H and O–H groups in total. The molecule has 0 bridgehead atoms. The minimum Gasteiger partial charge on any atom is -0.367 e. The molecule has 1 saturated heterocycles. The van der Waals surface area contributed by atoms with E-state index in [1.165, 1.54) is 11.1 Å². The van der Waals surface area contributed by atoms with Gasteiger partial charge in [0.2, 0.25) is 0 Å². The predicted octanol–water partition coefficient (Wildman–Crippen LogP) is 3.69. The first-order chi connectivity index (χ1) is 11.7. The van der Waals surface area contributed by atoms with Crippen molar-refractivity contribution in [1.82, 2.24) is 9.97 Å². The molecule has 1 unspecified atom stereocenters. The molecule has 2 aromatic carbocycles. The molecule has 1 aliphatic heterocycles. The number of fused-ring (bicyclic) bond motifs is 1. The number of ether oxygens (including phenoxy) is 1. The summed E-state index contributed by atoms with van der Waals surface area (Å²) in [6.07, 6.45) is 1.66. The highest BCUT2D eigenvalue weighted by molar-refractivity contribution is 5.89. The van der Waals surface area contributed by atoms with Gasteiger partial charge in [0.15, 0.2) is 0 Å². The zero-order valence-corrected chi connectivity index (χ0v) is 14.1. The van der Waals surface area contributed by atoms with Crippen molar-refractivity contribution in [2.24, 2.45) is 0 Å². The van der Waals surface area contributed by atoms with Crippen molar-refractivity contribution < 1.29 is 4.74 Å². The quantitative estimate of drug-likeness (QED) is 0.722. The van der Waals surface area contributed by atoms with Gasteiger partial charge in [-0.2, -0.15) is 0 Å². The van der Waals surface area contributed by atoms with Crippen molar-refractivity contribution in [1.29, 1.82) is 0 Å². The zero-order chi connectivity index (χ0) is 16.6. The van der Waals surface area contributed by atoms with Crippen molar-refractivity contribution in [3.8, 4) is 0 Å². The van der Waals surface area contributed by atoms with Gasteiger partial charge in [-0.25, -0.2) is 9.97 Å². The summed E-state index contributed by atoms with van der Waals surface area (Å²) in [4.78, 5) is 11.3. The van der Waals surface area contributed by atoms with Gasteiger partial charge in [-0.1, -0.05) is 42.0 Å². The van der Waals surface area contributed by atoms with Crippen LogP contribution in [0.3, 0.4) is 0 Å². The van der Waals surface area contributed by atoms with Crippen molar-refractivity contribution in [3.63, 3.8) is 0 Å². The average molecular weight is 319 g/mol. The van der Waals surface area contributed by atoms with E-state index in [4.69, 9.17) is 4.74 Å². The molecule has 4 rings (SSSR count). The first-order valence-corrected chi connectivity index (χ1v) is 8.31. The molecule has 122 valence electrons.